The molecule has 1 N–H and O–H groups in total. The molecule has 1 aromatic carbocycles. The number of hydrogen-bond acceptors (Lipinski definition) is 8. The van der Waals surface area contributed by atoms with Gasteiger partial charge < -0.3 is 14.7 Å². The van der Waals surface area contributed by atoms with Gasteiger partial charge in [0.15, 0.2) is 23.1 Å². The minimum absolute atomic E-state index is 0.00474. The number of methoxy groups -OCH3 is 1. The van der Waals surface area contributed by atoms with Crippen molar-refractivity contribution >= 4 is 34.6 Å². The Hall–Kier alpha value is -2.87. The van der Waals surface area contributed by atoms with Crippen LogP contribution in [0.1, 0.15) is 41.3 Å². The van der Waals surface area contributed by atoms with Crippen molar-refractivity contribution in [2.45, 2.75) is 32.8 Å². The van der Waals surface area contributed by atoms with Crippen LogP contribution in [0.2, 0.25) is 0 Å². The predicted octanol–water partition coefficient (Wildman–Crippen LogP) is 1.53. The van der Waals surface area contributed by atoms with E-state index < -0.39 is 52.6 Å². The van der Waals surface area contributed by atoms with E-state index in [-0.39, 0.29) is 30.3 Å². The van der Waals surface area contributed by atoms with Crippen molar-refractivity contribution in [1.29, 1.82) is 0 Å². The lowest BCUT2D eigenvalue weighted by molar-refractivity contribution is -0.152. The van der Waals surface area contributed by atoms with E-state index in [0.29, 0.717) is 24.0 Å². The molecule has 0 saturated heterocycles. The van der Waals surface area contributed by atoms with Crippen LogP contribution in [-0.2, 0) is 36.9 Å². The third-order valence-electron chi connectivity index (χ3n) is 7.18. The quantitative estimate of drug-likeness (QED) is 0.699. The second-order valence-electron chi connectivity index (χ2n) is 9.38. The van der Waals surface area contributed by atoms with Crippen LogP contribution < -0.4 is 4.90 Å². The molecule has 2 fully saturated rings. The molecule has 8 nitrogen and oxygen atoms in total. The first-order valence-electron chi connectivity index (χ1n) is 10.8. The first-order chi connectivity index (χ1) is 15.1. The Balaban J connectivity index is 1.80. The van der Waals surface area contributed by atoms with Crippen LogP contribution in [-0.4, -0.2) is 55.2 Å². The first-order valence-corrected chi connectivity index (χ1v) is 10.8. The molecule has 5 atom stereocenters. The largest absolute Gasteiger partial charge is 0.507 e. The number of nitrogens with zero attached hydrogens (tertiary/aromatic N) is 1. The Bertz CT molecular complexity index is 1060. The van der Waals surface area contributed by atoms with Gasteiger partial charge in [0.2, 0.25) is 0 Å². The molecule has 0 aliphatic heterocycles. The van der Waals surface area contributed by atoms with Crippen LogP contribution in [0, 0.1) is 29.6 Å². The van der Waals surface area contributed by atoms with Crippen LogP contribution in [0.25, 0.3) is 0 Å². The number of Topliss-reactive ketones (excluding diaryl/α,β-unsaturated/α-hetero) is 5. The number of phenolic OH excluding ortho intramolecular Hbond substituents is 1. The molecule has 1 aromatic rings. The third-order valence-corrected chi connectivity index (χ3v) is 7.18. The Morgan fingerprint density at radius 1 is 1.09 bits per heavy atom. The lowest BCUT2D eigenvalue weighted by Crippen LogP contribution is -2.55. The van der Waals surface area contributed by atoms with Gasteiger partial charge in [-0.3, -0.25) is 24.0 Å². The SMILES string of the molecule is COCc1cc(N(C)C)c2c(c1O)C(=O)C1C(=O)C3C(=O)C(C(C)=O)C(=O)CC3CC1C2. The van der Waals surface area contributed by atoms with Crippen molar-refractivity contribution < 1.29 is 33.8 Å². The van der Waals surface area contributed by atoms with Gasteiger partial charge in [0, 0.05) is 38.9 Å². The van der Waals surface area contributed by atoms with Crippen molar-refractivity contribution in [2.75, 3.05) is 26.1 Å². The van der Waals surface area contributed by atoms with Gasteiger partial charge in [-0.25, -0.2) is 0 Å². The average Bonchev–Trinajstić information content (AvgIpc) is 2.68. The number of fused-ring (bicyclic) bond motifs is 3. The maximum absolute atomic E-state index is 13.6. The molecule has 0 amide bonds. The summed E-state index contributed by atoms with van der Waals surface area (Å²) < 4.78 is 5.16. The van der Waals surface area contributed by atoms with E-state index in [1.54, 1.807) is 6.07 Å². The molecule has 0 spiro atoms. The molecule has 0 bridgehead atoms. The number of ether oxygens (including phenoxy) is 1. The molecule has 5 unspecified atom stereocenters. The van der Waals surface area contributed by atoms with E-state index in [9.17, 15) is 29.1 Å². The molecule has 0 radical (unpaired) electrons. The van der Waals surface area contributed by atoms with Gasteiger partial charge in [-0.2, -0.15) is 0 Å². The summed E-state index contributed by atoms with van der Waals surface area (Å²) in [6.45, 7) is 1.28. The van der Waals surface area contributed by atoms with Crippen LogP contribution in [0.4, 0.5) is 5.69 Å². The summed E-state index contributed by atoms with van der Waals surface area (Å²) >= 11 is 0. The van der Waals surface area contributed by atoms with Gasteiger partial charge in [0.05, 0.1) is 24.0 Å². The molecule has 170 valence electrons. The zero-order valence-electron chi connectivity index (χ0n) is 18.6. The molecule has 0 aromatic heterocycles. The highest BCUT2D eigenvalue weighted by molar-refractivity contribution is 6.28. The number of anilines is 1. The zero-order valence-corrected chi connectivity index (χ0v) is 18.6. The van der Waals surface area contributed by atoms with Crippen LogP contribution in [0.5, 0.6) is 5.75 Å². The number of carbonyl (C=O) groups is 5. The second-order valence-corrected chi connectivity index (χ2v) is 9.38. The number of rotatable bonds is 4. The van der Waals surface area contributed by atoms with Gasteiger partial charge in [0.1, 0.15) is 17.5 Å². The first kappa shape index (κ1) is 22.3. The summed E-state index contributed by atoms with van der Waals surface area (Å²) in [5.74, 6) is -7.33. The normalized spacial score (nSPS) is 29.3. The van der Waals surface area contributed by atoms with E-state index in [1.807, 2.05) is 19.0 Å². The number of hydrogen-bond donors (Lipinski definition) is 1. The highest BCUT2D eigenvalue weighted by Crippen LogP contribution is 2.50. The summed E-state index contributed by atoms with van der Waals surface area (Å²) in [6.07, 6.45) is 0.755. The maximum atomic E-state index is 13.6. The number of ketones is 5. The molecule has 0 heterocycles. The van der Waals surface area contributed by atoms with E-state index >= 15 is 0 Å². The predicted molar refractivity (Wildman–Crippen MR) is 114 cm³/mol. The molecule has 4 rings (SSSR count). The molecule has 2 saturated carbocycles. The van der Waals surface area contributed by atoms with Crippen molar-refractivity contribution in [2.24, 2.45) is 29.6 Å². The monoisotopic (exact) mass is 441 g/mol. The number of aromatic hydroxyl groups is 1. The van der Waals surface area contributed by atoms with E-state index in [1.165, 1.54) is 14.0 Å². The highest BCUT2D eigenvalue weighted by atomic mass is 16.5. The Morgan fingerprint density at radius 3 is 2.34 bits per heavy atom. The molecule has 32 heavy (non-hydrogen) atoms. The standard InChI is InChI=1S/C24H27NO7/c1-10(26)17-16(27)8-12-5-11-6-14-15(25(2)3)7-13(9-32-4)21(28)20(14)24(31)18(11)23(30)19(12)22(17)29/h7,11-12,17-19,28H,5-6,8-9H2,1-4H3. The van der Waals surface area contributed by atoms with E-state index in [0.717, 1.165) is 5.69 Å². The number of carbonyl (C=O) groups excluding carboxylic acids is 5. The smallest absolute Gasteiger partial charge is 0.177 e. The minimum Gasteiger partial charge on any atom is -0.507 e. The zero-order chi connectivity index (χ0) is 23.5. The van der Waals surface area contributed by atoms with Crippen molar-refractivity contribution in [3.8, 4) is 5.75 Å². The summed E-state index contributed by atoms with van der Waals surface area (Å²) in [7, 11) is 5.16. The molecule has 8 heteroatoms. The van der Waals surface area contributed by atoms with Crippen molar-refractivity contribution in [3.05, 3.63) is 22.8 Å². The Labute approximate surface area is 185 Å². The van der Waals surface area contributed by atoms with Gasteiger partial charge in [0.25, 0.3) is 0 Å². The van der Waals surface area contributed by atoms with E-state index in [2.05, 4.69) is 0 Å². The highest BCUT2D eigenvalue weighted by Gasteiger charge is 2.57. The fourth-order valence-electron chi connectivity index (χ4n) is 5.89. The van der Waals surface area contributed by atoms with Crippen LogP contribution in [0.15, 0.2) is 6.07 Å². The minimum atomic E-state index is -1.41. The third kappa shape index (κ3) is 3.20. The molecular formula is C24H27NO7. The second kappa shape index (κ2) is 7.92. The summed E-state index contributed by atoms with van der Waals surface area (Å²) in [4.78, 5) is 66.2. The number of phenols is 1. The maximum Gasteiger partial charge on any atom is 0.177 e. The lowest BCUT2D eigenvalue weighted by atomic mass is 9.55. The molecule has 3 aliphatic rings. The van der Waals surface area contributed by atoms with Gasteiger partial charge in [-0.05, 0) is 43.2 Å². The number of benzene rings is 1. The van der Waals surface area contributed by atoms with Crippen LogP contribution in [0.3, 0.4) is 0 Å². The molecule has 3 aliphatic carbocycles. The lowest BCUT2D eigenvalue weighted by Gasteiger charge is -2.44. The fraction of sp³-hybridized carbons (Fsp3) is 0.542. The topological polar surface area (TPSA) is 118 Å². The average molecular weight is 441 g/mol. The van der Waals surface area contributed by atoms with Gasteiger partial charge >= 0.3 is 0 Å². The summed E-state index contributed by atoms with van der Waals surface area (Å²) in [5.41, 5.74) is 1.98. The van der Waals surface area contributed by atoms with Crippen molar-refractivity contribution in [3.63, 3.8) is 0 Å². The Morgan fingerprint density at radius 2 is 1.75 bits per heavy atom. The summed E-state index contributed by atoms with van der Waals surface area (Å²) in [6, 6.07) is 1.78. The Kier molecular flexibility index (Phi) is 5.53. The van der Waals surface area contributed by atoms with E-state index in [4.69, 9.17) is 4.74 Å². The molecular weight excluding hydrogens is 414 g/mol. The van der Waals surface area contributed by atoms with Crippen LogP contribution >= 0.6 is 0 Å². The summed E-state index contributed by atoms with van der Waals surface area (Å²) in [5, 5.41) is 10.9. The fourth-order valence-corrected chi connectivity index (χ4v) is 5.89. The van der Waals surface area contributed by atoms with Gasteiger partial charge in [-0.15, -0.1) is 0 Å². The van der Waals surface area contributed by atoms with Crippen molar-refractivity contribution in [1.82, 2.24) is 0 Å². The van der Waals surface area contributed by atoms with Gasteiger partial charge in [-0.1, -0.05) is 0 Å².